The molecule has 2 aliphatic heterocycles. The smallest absolute Gasteiger partial charge is 0.322 e. The molecule has 1 unspecified atom stereocenters. The first kappa shape index (κ1) is 17.1. The van der Waals surface area contributed by atoms with Crippen LogP contribution in [0.25, 0.3) is 0 Å². The zero-order valence-corrected chi connectivity index (χ0v) is 16.1. The van der Waals surface area contributed by atoms with Crippen LogP contribution >= 0.6 is 11.3 Å². The van der Waals surface area contributed by atoms with Gasteiger partial charge in [0.15, 0.2) is 0 Å². The van der Waals surface area contributed by atoms with Gasteiger partial charge in [-0.1, -0.05) is 19.9 Å². The number of hydrogen-bond acceptors (Lipinski definition) is 3. The van der Waals surface area contributed by atoms with Gasteiger partial charge in [-0.2, -0.15) is 0 Å². The van der Waals surface area contributed by atoms with Crippen molar-refractivity contribution in [3.8, 4) is 0 Å². The van der Waals surface area contributed by atoms with Gasteiger partial charge in [-0.15, -0.1) is 11.3 Å². The Balaban J connectivity index is 1.59. The molecule has 6 heteroatoms. The summed E-state index contributed by atoms with van der Waals surface area (Å²) < 4.78 is 0. The lowest BCUT2D eigenvalue weighted by Crippen LogP contribution is -2.57. The summed E-state index contributed by atoms with van der Waals surface area (Å²) in [6.45, 7) is 8.44. The first-order valence-corrected chi connectivity index (χ1v) is 9.77. The van der Waals surface area contributed by atoms with Gasteiger partial charge < -0.3 is 10.2 Å². The van der Waals surface area contributed by atoms with Crippen molar-refractivity contribution in [3.05, 3.63) is 51.7 Å². The number of rotatable bonds is 3. The number of amides is 3. The van der Waals surface area contributed by atoms with Crippen molar-refractivity contribution in [2.24, 2.45) is 5.41 Å². The van der Waals surface area contributed by atoms with E-state index in [0.717, 1.165) is 17.8 Å². The second-order valence-electron chi connectivity index (χ2n) is 7.72. The van der Waals surface area contributed by atoms with Crippen LogP contribution in [0.5, 0.6) is 0 Å². The number of carbonyl (C=O) groups excluding carboxylic acids is 2. The summed E-state index contributed by atoms with van der Waals surface area (Å²) in [5.41, 5.74) is 2.59. The molecule has 0 spiro atoms. The number of nitrogens with one attached hydrogen (secondary N) is 1. The highest BCUT2D eigenvalue weighted by Crippen LogP contribution is 2.50. The molecule has 1 N–H and O–H groups in total. The third-order valence-corrected chi connectivity index (χ3v) is 6.22. The molecule has 0 saturated carbocycles. The van der Waals surface area contributed by atoms with Gasteiger partial charge in [-0.25, -0.2) is 4.79 Å². The van der Waals surface area contributed by atoms with Crippen molar-refractivity contribution in [1.29, 1.82) is 0 Å². The Morgan fingerprint density at radius 2 is 2.12 bits per heavy atom. The number of carbonyl (C=O) groups is 2. The van der Waals surface area contributed by atoms with Crippen LogP contribution in [0.1, 0.15) is 40.7 Å². The van der Waals surface area contributed by atoms with Crippen molar-refractivity contribution >= 4 is 29.0 Å². The molecule has 1 atom stereocenters. The largest absolute Gasteiger partial charge is 0.336 e. The van der Waals surface area contributed by atoms with E-state index in [1.807, 2.05) is 36.1 Å². The van der Waals surface area contributed by atoms with E-state index >= 15 is 0 Å². The maximum absolute atomic E-state index is 13.1. The Morgan fingerprint density at radius 3 is 2.69 bits per heavy atom. The van der Waals surface area contributed by atoms with Gasteiger partial charge in [0.25, 0.3) is 5.91 Å². The maximum Gasteiger partial charge on any atom is 0.322 e. The number of benzene rings is 1. The van der Waals surface area contributed by atoms with Crippen LogP contribution < -0.4 is 10.2 Å². The van der Waals surface area contributed by atoms with Crippen LogP contribution in [-0.2, 0) is 0 Å². The Morgan fingerprint density at radius 1 is 1.31 bits per heavy atom. The molecule has 3 amide bonds. The fraction of sp³-hybridized carbons (Fsp3) is 0.400. The minimum absolute atomic E-state index is 0.0586. The minimum atomic E-state index is -0.0746. The van der Waals surface area contributed by atoms with E-state index in [-0.39, 0.29) is 23.4 Å². The minimum Gasteiger partial charge on any atom is -0.336 e. The van der Waals surface area contributed by atoms with E-state index in [4.69, 9.17) is 0 Å². The van der Waals surface area contributed by atoms with Crippen LogP contribution in [-0.4, -0.2) is 36.5 Å². The molecular formula is C20H23N3O2S. The number of anilines is 1. The second-order valence-corrected chi connectivity index (χ2v) is 8.70. The van der Waals surface area contributed by atoms with Gasteiger partial charge in [-0.3, -0.25) is 9.69 Å². The molecule has 0 bridgehead atoms. The van der Waals surface area contributed by atoms with Crippen LogP contribution in [0.2, 0.25) is 0 Å². The monoisotopic (exact) mass is 369 g/mol. The van der Waals surface area contributed by atoms with Crippen molar-refractivity contribution in [1.82, 2.24) is 10.2 Å². The normalized spacial score (nSPS) is 21.5. The van der Waals surface area contributed by atoms with Crippen LogP contribution in [0.3, 0.4) is 0 Å². The van der Waals surface area contributed by atoms with Crippen LogP contribution in [0, 0.1) is 12.3 Å². The van der Waals surface area contributed by atoms with E-state index in [0.29, 0.717) is 18.7 Å². The van der Waals surface area contributed by atoms with E-state index in [9.17, 15) is 9.59 Å². The Hall–Kier alpha value is -2.34. The lowest BCUT2D eigenvalue weighted by Gasteiger charge is -2.54. The van der Waals surface area contributed by atoms with Gasteiger partial charge in [0.2, 0.25) is 0 Å². The number of nitrogens with zero attached hydrogens (tertiary/aromatic N) is 2. The van der Waals surface area contributed by atoms with Crippen LogP contribution in [0.15, 0.2) is 35.7 Å². The third-order valence-electron chi connectivity index (χ3n) is 5.29. The lowest BCUT2D eigenvalue weighted by atomic mass is 9.74. The van der Waals surface area contributed by atoms with Crippen molar-refractivity contribution < 1.29 is 9.59 Å². The number of hydrogen-bond donors (Lipinski definition) is 1. The highest BCUT2D eigenvalue weighted by Gasteiger charge is 2.49. The predicted molar refractivity (Wildman–Crippen MR) is 104 cm³/mol. The highest BCUT2D eigenvalue weighted by molar-refractivity contribution is 7.10. The van der Waals surface area contributed by atoms with Crippen LogP contribution in [0.4, 0.5) is 10.5 Å². The summed E-state index contributed by atoms with van der Waals surface area (Å²) in [6.07, 6.45) is 0. The summed E-state index contributed by atoms with van der Waals surface area (Å²) >= 11 is 1.70. The molecule has 2 aliphatic rings. The lowest BCUT2D eigenvalue weighted by molar-refractivity contribution is -0.0305. The summed E-state index contributed by atoms with van der Waals surface area (Å²) in [5.74, 6) is 0.0586. The Bertz CT molecular complexity index is 860. The van der Waals surface area contributed by atoms with E-state index < -0.39 is 0 Å². The summed E-state index contributed by atoms with van der Waals surface area (Å²) in [5, 5.41) is 4.87. The van der Waals surface area contributed by atoms with Gasteiger partial charge in [0, 0.05) is 41.2 Å². The van der Waals surface area contributed by atoms with Gasteiger partial charge in [0.05, 0.1) is 6.04 Å². The van der Waals surface area contributed by atoms with Crippen molar-refractivity contribution in [2.45, 2.75) is 26.8 Å². The average Bonchev–Trinajstić information content (AvgIpc) is 3.24. The molecule has 2 saturated heterocycles. The fourth-order valence-corrected chi connectivity index (χ4v) is 5.11. The molecule has 5 nitrogen and oxygen atoms in total. The number of thiophene rings is 1. The highest BCUT2D eigenvalue weighted by atomic mass is 32.1. The first-order chi connectivity index (χ1) is 12.4. The second kappa shape index (κ2) is 6.13. The molecule has 0 aliphatic carbocycles. The number of aryl methyl sites for hydroxylation is 1. The van der Waals surface area contributed by atoms with Gasteiger partial charge in [0.1, 0.15) is 0 Å². The molecule has 136 valence electrons. The van der Waals surface area contributed by atoms with E-state index in [1.165, 1.54) is 4.88 Å². The molecule has 3 heterocycles. The molecular weight excluding hydrogens is 346 g/mol. The summed E-state index contributed by atoms with van der Waals surface area (Å²) in [7, 11) is 0. The molecule has 1 aromatic carbocycles. The average molecular weight is 369 g/mol. The Labute approximate surface area is 157 Å². The molecule has 2 aromatic rings. The zero-order valence-electron chi connectivity index (χ0n) is 15.3. The zero-order chi connectivity index (χ0) is 18.5. The number of likely N-dealkylation sites (tertiary alicyclic amines) is 1. The third kappa shape index (κ3) is 2.69. The Kier molecular flexibility index (Phi) is 4.03. The topological polar surface area (TPSA) is 52.7 Å². The molecule has 0 radical (unpaired) electrons. The van der Waals surface area contributed by atoms with Crippen molar-refractivity contribution in [2.75, 3.05) is 24.5 Å². The molecule has 1 aromatic heterocycles. The molecule has 4 rings (SSSR count). The van der Waals surface area contributed by atoms with Crippen molar-refractivity contribution in [3.63, 3.8) is 0 Å². The standard InChI is InChI=1S/C20H23N3O2S/c1-13-11-14(6-7-15(13)22-9-8-21-19(22)25)18(24)23-12-20(2,3)17(23)16-5-4-10-26-16/h4-7,10-11,17H,8-9,12H2,1-3H3,(H,21,25). The summed E-state index contributed by atoms with van der Waals surface area (Å²) in [4.78, 5) is 29.9. The van der Waals surface area contributed by atoms with E-state index in [2.05, 4.69) is 30.6 Å². The fourth-order valence-electron chi connectivity index (χ4n) is 4.06. The summed E-state index contributed by atoms with van der Waals surface area (Å²) in [6, 6.07) is 9.83. The van der Waals surface area contributed by atoms with Gasteiger partial charge >= 0.3 is 6.03 Å². The molecule has 2 fully saturated rings. The van der Waals surface area contributed by atoms with E-state index in [1.54, 1.807) is 16.2 Å². The SMILES string of the molecule is Cc1cc(C(=O)N2CC(C)(C)C2c2cccs2)ccc1N1CCNC1=O. The number of urea groups is 1. The molecule has 26 heavy (non-hydrogen) atoms. The quantitative estimate of drug-likeness (QED) is 0.894. The van der Waals surface area contributed by atoms with Gasteiger partial charge in [-0.05, 0) is 42.1 Å². The first-order valence-electron chi connectivity index (χ1n) is 8.89. The predicted octanol–water partition coefficient (Wildman–Crippen LogP) is 3.81. The maximum atomic E-state index is 13.1.